The fourth-order valence-corrected chi connectivity index (χ4v) is 3.51. The van der Waals surface area contributed by atoms with Crippen LogP contribution >= 0.6 is 23.2 Å². The van der Waals surface area contributed by atoms with Gasteiger partial charge in [-0.15, -0.1) is 0 Å². The second kappa shape index (κ2) is 9.12. The third kappa shape index (κ3) is 4.78. The number of nitrogens with zero attached hydrogens (tertiary/aromatic N) is 4. The minimum Gasteiger partial charge on any atom is -0.482 e. The lowest BCUT2D eigenvalue weighted by atomic mass is 10.1. The second-order valence-corrected chi connectivity index (χ2v) is 7.16. The largest absolute Gasteiger partial charge is 0.482 e. The highest BCUT2D eigenvalue weighted by Crippen LogP contribution is 2.36. The number of nitriles is 1. The van der Waals surface area contributed by atoms with Gasteiger partial charge in [0.2, 0.25) is 0 Å². The lowest BCUT2D eigenvalue weighted by Crippen LogP contribution is -2.08. The number of nitrogen functional groups attached to an aromatic ring is 1. The molecule has 29 heavy (non-hydrogen) atoms. The van der Waals surface area contributed by atoms with Crippen molar-refractivity contribution in [1.82, 2.24) is 14.8 Å². The maximum absolute atomic E-state index is 13.8. The number of nitrogens with two attached hydrogens (primary N) is 1. The summed E-state index contributed by atoms with van der Waals surface area (Å²) in [6.07, 6.45) is 5.72. The van der Waals surface area contributed by atoms with Gasteiger partial charge >= 0.3 is 0 Å². The van der Waals surface area contributed by atoms with Crippen molar-refractivity contribution in [3.8, 4) is 22.9 Å². The predicted octanol–water partition coefficient (Wildman–Crippen LogP) is 5.42. The van der Waals surface area contributed by atoms with E-state index >= 15 is 0 Å². The predicted molar refractivity (Wildman–Crippen MR) is 110 cm³/mol. The molecule has 1 atom stereocenters. The summed E-state index contributed by atoms with van der Waals surface area (Å²) >= 11 is 12.2. The Kier molecular flexibility index (Phi) is 6.57. The van der Waals surface area contributed by atoms with E-state index < -0.39 is 11.9 Å². The Balaban J connectivity index is 1.83. The van der Waals surface area contributed by atoms with Gasteiger partial charge in [-0.2, -0.15) is 10.4 Å². The fourth-order valence-electron chi connectivity index (χ4n) is 2.83. The summed E-state index contributed by atoms with van der Waals surface area (Å²) < 4.78 is 21.5. The molecule has 9 heteroatoms. The quantitative estimate of drug-likeness (QED) is 0.396. The number of aryl methyl sites for hydroxylation is 1. The molecule has 2 heterocycles. The van der Waals surface area contributed by atoms with Crippen molar-refractivity contribution in [2.24, 2.45) is 0 Å². The second-order valence-electron chi connectivity index (χ2n) is 6.38. The number of aromatic nitrogens is 3. The van der Waals surface area contributed by atoms with Gasteiger partial charge in [0.25, 0.3) is 0 Å². The summed E-state index contributed by atoms with van der Waals surface area (Å²) in [5.41, 5.74) is 7.88. The van der Waals surface area contributed by atoms with E-state index in [2.05, 4.69) is 16.2 Å². The molecule has 0 bridgehead atoms. The molecule has 6 nitrogen and oxygen atoms in total. The van der Waals surface area contributed by atoms with Gasteiger partial charge < -0.3 is 10.5 Å². The van der Waals surface area contributed by atoms with E-state index in [1.165, 1.54) is 12.1 Å². The van der Waals surface area contributed by atoms with E-state index in [1.54, 1.807) is 30.1 Å². The number of hydrogen-bond acceptors (Lipinski definition) is 5. The Morgan fingerprint density at radius 2 is 2.10 bits per heavy atom. The maximum Gasteiger partial charge on any atom is 0.166 e. The zero-order valence-corrected chi connectivity index (χ0v) is 17.1. The molecule has 0 saturated heterocycles. The number of benzene rings is 1. The number of anilines is 1. The fraction of sp³-hybridized carbons (Fsp3) is 0.250. The van der Waals surface area contributed by atoms with Crippen molar-refractivity contribution in [2.75, 3.05) is 5.73 Å². The topological polar surface area (TPSA) is 89.8 Å². The van der Waals surface area contributed by atoms with Crippen LogP contribution in [0.3, 0.4) is 0 Å². The van der Waals surface area contributed by atoms with Crippen LogP contribution in [0, 0.1) is 17.1 Å². The van der Waals surface area contributed by atoms with Crippen molar-refractivity contribution >= 4 is 29.0 Å². The first-order valence-electron chi connectivity index (χ1n) is 8.86. The standard InChI is InChI=1S/C20H18Cl2FN5O/c1-12(18-15(21)4-5-16(23)19(18)22)29-17-8-13(9-26-20(17)25)14-10-27-28(11-14)7-3-2-6-24/h4-5,8-12H,2-3,7H2,1H3,(H2,25,26). The van der Waals surface area contributed by atoms with E-state index in [4.69, 9.17) is 38.9 Å². The first-order chi connectivity index (χ1) is 13.9. The lowest BCUT2D eigenvalue weighted by molar-refractivity contribution is 0.227. The van der Waals surface area contributed by atoms with Crippen LogP contribution in [0.1, 0.15) is 31.4 Å². The number of ether oxygens (including phenoxy) is 1. The number of rotatable bonds is 7. The van der Waals surface area contributed by atoms with Crippen LogP contribution in [0.25, 0.3) is 11.1 Å². The Hall–Kier alpha value is -2.82. The van der Waals surface area contributed by atoms with Crippen LogP contribution in [0.5, 0.6) is 5.75 Å². The number of pyridine rings is 1. The highest BCUT2D eigenvalue weighted by atomic mass is 35.5. The molecule has 150 valence electrons. The van der Waals surface area contributed by atoms with Crippen LogP contribution in [0.4, 0.5) is 10.2 Å². The Bertz CT molecular complexity index is 1060. The summed E-state index contributed by atoms with van der Waals surface area (Å²) in [6, 6.07) is 6.47. The van der Waals surface area contributed by atoms with Gasteiger partial charge in [-0.3, -0.25) is 4.68 Å². The molecule has 0 saturated carbocycles. The van der Waals surface area contributed by atoms with E-state index in [-0.39, 0.29) is 10.8 Å². The summed E-state index contributed by atoms with van der Waals surface area (Å²) in [5.74, 6) is -0.0699. The smallest absolute Gasteiger partial charge is 0.166 e. The minimum atomic E-state index is -0.654. The van der Waals surface area contributed by atoms with Gasteiger partial charge in [0.1, 0.15) is 11.9 Å². The number of halogens is 3. The van der Waals surface area contributed by atoms with Crippen LogP contribution in [-0.4, -0.2) is 14.8 Å². The number of unbranched alkanes of at least 4 members (excludes halogenated alkanes) is 1. The summed E-state index contributed by atoms with van der Waals surface area (Å²) in [7, 11) is 0. The first-order valence-corrected chi connectivity index (χ1v) is 9.61. The van der Waals surface area contributed by atoms with Gasteiger partial charge in [0.15, 0.2) is 11.6 Å². The molecule has 3 aromatic rings. The molecular formula is C20H18Cl2FN5O. The SMILES string of the molecule is CC(Oc1cc(-c2cnn(CCCC#N)c2)cnc1N)c1c(Cl)ccc(F)c1Cl. The minimum absolute atomic E-state index is 0.0914. The van der Waals surface area contributed by atoms with Gasteiger partial charge in [0.05, 0.1) is 17.3 Å². The molecule has 0 fully saturated rings. The zero-order valence-electron chi connectivity index (χ0n) is 15.6. The Labute approximate surface area is 177 Å². The molecule has 0 aliphatic heterocycles. The van der Waals surface area contributed by atoms with Crippen LogP contribution < -0.4 is 10.5 Å². The normalized spacial score (nSPS) is 11.8. The summed E-state index contributed by atoms with van der Waals surface area (Å²) in [6.45, 7) is 2.35. The molecule has 2 N–H and O–H groups in total. The van der Waals surface area contributed by atoms with Gasteiger partial charge in [-0.25, -0.2) is 9.37 Å². The van der Waals surface area contributed by atoms with Gasteiger partial charge in [0, 0.05) is 47.1 Å². The molecule has 0 amide bonds. The molecule has 1 aromatic carbocycles. The molecule has 0 aliphatic carbocycles. The average molecular weight is 434 g/mol. The third-order valence-corrected chi connectivity index (χ3v) is 5.03. The highest BCUT2D eigenvalue weighted by Gasteiger charge is 2.20. The van der Waals surface area contributed by atoms with E-state index in [1.807, 2.05) is 6.20 Å². The van der Waals surface area contributed by atoms with Crippen molar-refractivity contribution in [1.29, 1.82) is 5.26 Å². The maximum atomic E-state index is 13.8. The van der Waals surface area contributed by atoms with Crippen LogP contribution in [0.2, 0.25) is 10.0 Å². The molecule has 0 radical (unpaired) electrons. The monoisotopic (exact) mass is 433 g/mol. The van der Waals surface area contributed by atoms with Crippen LogP contribution in [-0.2, 0) is 6.54 Å². The number of hydrogen-bond donors (Lipinski definition) is 1. The van der Waals surface area contributed by atoms with Gasteiger partial charge in [-0.05, 0) is 31.5 Å². The van der Waals surface area contributed by atoms with E-state index in [0.717, 1.165) is 17.5 Å². The third-order valence-electron chi connectivity index (χ3n) is 4.31. The molecule has 0 aliphatic rings. The Morgan fingerprint density at radius 3 is 2.86 bits per heavy atom. The first kappa shape index (κ1) is 20.9. The van der Waals surface area contributed by atoms with Crippen molar-refractivity contribution in [3.63, 3.8) is 0 Å². The summed E-state index contributed by atoms with van der Waals surface area (Å²) in [5, 5.41) is 13.1. The van der Waals surface area contributed by atoms with Crippen molar-refractivity contribution in [3.05, 3.63) is 58.2 Å². The highest BCUT2D eigenvalue weighted by molar-refractivity contribution is 6.36. The summed E-state index contributed by atoms with van der Waals surface area (Å²) in [4.78, 5) is 4.18. The lowest BCUT2D eigenvalue weighted by Gasteiger charge is -2.19. The van der Waals surface area contributed by atoms with E-state index in [0.29, 0.717) is 29.3 Å². The van der Waals surface area contributed by atoms with Gasteiger partial charge in [-0.1, -0.05) is 23.2 Å². The van der Waals surface area contributed by atoms with Crippen molar-refractivity contribution in [2.45, 2.75) is 32.4 Å². The Morgan fingerprint density at radius 1 is 1.31 bits per heavy atom. The average Bonchev–Trinajstić information content (AvgIpc) is 3.16. The molecule has 1 unspecified atom stereocenters. The van der Waals surface area contributed by atoms with Crippen LogP contribution in [0.15, 0.2) is 36.8 Å². The molecule has 3 rings (SSSR count). The molecule has 0 spiro atoms. The molecular weight excluding hydrogens is 416 g/mol. The van der Waals surface area contributed by atoms with E-state index in [9.17, 15) is 4.39 Å². The van der Waals surface area contributed by atoms with Crippen molar-refractivity contribution < 1.29 is 9.13 Å². The zero-order chi connectivity index (χ0) is 21.0. The molecule has 2 aromatic heterocycles.